The van der Waals surface area contributed by atoms with Gasteiger partial charge >= 0.3 is 0 Å². The summed E-state index contributed by atoms with van der Waals surface area (Å²) in [6, 6.07) is 30.6. The SMILES string of the molecule is C[C@@H](SS[C@H](C)c1cccc2ccccc12)c1cccc2ccccc12. The first-order chi connectivity index (χ1) is 12.7. The van der Waals surface area contributed by atoms with Gasteiger partial charge in [0.2, 0.25) is 0 Å². The highest BCUT2D eigenvalue weighted by Crippen LogP contribution is 2.47. The largest absolute Gasteiger partial charge is 0.0856 e. The summed E-state index contributed by atoms with van der Waals surface area (Å²) in [6.07, 6.45) is 0. The zero-order valence-electron chi connectivity index (χ0n) is 15.1. The van der Waals surface area contributed by atoms with Crippen LogP contribution in [0.3, 0.4) is 0 Å². The summed E-state index contributed by atoms with van der Waals surface area (Å²) in [5, 5.41) is 6.28. The minimum absolute atomic E-state index is 0.448. The van der Waals surface area contributed by atoms with Crippen molar-refractivity contribution in [2.45, 2.75) is 24.3 Å². The van der Waals surface area contributed by atoms with Gasteiger partial charge in [-0.1, -0.05) is 107 Å². The summed E-state index contributed by atoms with van der Waals surface area (Å²) in [5.41, 5.74) is 2.84. The van der Waals surface area contributed by atoms with E-state index >= 15 is 0 Å². The molecule has 0 aliphatic rings. The van der Waals surface area contributed by atoms with E-state index in [0.717, 1.165) is 0 Å². The molecule has 0 spiro atoms. The molecule has 2 atom stereocenters. The predicted molar refractivity (Wildman–Crippen MR) is 120 cm³/mol. The van der Waals surface area contributed by atoms with Crippen LogP contribution in [-0.2, 0) is 0 Å². The molecule has 0 aliphatic carbocycles. The Morgan fingerprint density at radius 2 is 0.885 bits per heavy atom. The fraction of sp³-hybridized carbons (Fsp3) is 0.167. The highest BCUT2D eigenvalue weighted by molar-refractivity contribution is 8.76. The molecule has 0 aliphatic heterocycles. The Morgan fingerprint density at radius 1 is 0.500 bits per heavy atom. The lowest BCUT2D eigenvalue weighted by Crippen LogP contribution is -1.92. The molecule has 0 bridgehead atoms. The minimum Gasteiger partial charge on any atom is -0.0856 e. The summed E-state index contributed by atoms with van der Waals surface area (Å²) in [5.74, 6) is 0. The third-order valence-electron chi connectivity index (χ3n) is 4.87. The average Bonchev–Trinajstić information content (AvgIpc) is 2.71. The molecule has 0 amide bonds. The van der Waals surface area contributed by atoms with Gasteiger partial charge in [0.1, 0.15) is 0 Å². The highest BCUT2D eigenvalue weighted by atomic mass is 33.1. The van der Waals surface area contributed by atoms with Crippen LogP contribution in [0.1, 0.15) is 35.5 Å². The molecule has 4 aromatic rings. The molecule has 0 N–H and O–H groups in total. The smallest absolute Gasteiger partial charge is 0.0379 e. The highest BCUT2D eigenvalue weighted by Gasteiger charge is 2.15. The maximum absolute atomic E-state index is 2.31. The van der Waals surface area contributed by atoms with Crippen LogP contribution in [0.2, 0.25) is 0 Å². The molecule has 2 heteroatoms. The van der Waals surface area contributed by atoms with Gasteiger partial charge in [-0.2, -0.15) is 0 Å². The second-order valence-corrected chi connectivity index (χ2v) is 9.57. The van der Waals surface area contributed by atoms with Gasteiger partial charge in [0.25, 0.3) is 0 Å². The fourth-order valence-electron chi connectivity index (χ4n) is 3.48. The van der Waals surface area contributed by atoms with Crippen molar-refractivity contribution in [2.75, 3.05) is 0 Å². The standard InChI is InChI=1S/C24H22S2/c1-17(21-15-7-11-19-9-3-5-13-23(19)21)25-26-18(2)22-16-8-12-20-10-4-6-14-24(20)22/h3-18H,1-2H3/t17-,18-/m1/s1. The van der Waals surface area contributed by atoms with Gasteiger partial charge in [-0.3, -0.25) is 0 Å². The Kier molecular flexibility index (Phi) is 5.23. The van der Waals surface area contributed by atoms with E-state index in [1.807, 2.05) is 21.6 Å². The van der Waals surface area contributed by atoms with Gasteiger partial charge in [-0.05, 0) is 46.5 Å². The van der Waals surface area contributed by atoms with Crippen molar-refractivity contribution < 1.29 is 0 Å². The monoisotopic (exact) mass is 374 g/mol. The van der Waals surface area contributed by atoms with Gasteiger partial charge < -0.3 is 0 Å². The van der Waals surface area contributed by atoms with Crippen molar-refractivity contribution in [3.05, 3.63) is 96.1 Å². The van der Waals surface area contributed by atoms with Gasteiger partial charge in [0.05, 0.1) is 0 Å². The van der Waals surface area contributed by atoms with Crippen LogP contribution in [-0.4, -0.2) is 0 Å². The van der Waals surface area contributed by atoms with Crippen molar-refractivity contribution in [3.8, 4) is 0 Å². The first-order valence-corrected chi connectivity index (χ1v) is 11.3. The van der Waals surface area contributed by atoms with Crippen LogP contribution in [0, 0.1) is 0 Å². The number of rotatable bonds is 5. The van der Waals surface area contributed by atoms with Crippen LogP contribution in [0.5, 0.6) is 0 Å². The third kappa shape index (κ3) is 3.49. The van der Waals surface area contributed by atoms with Crippen molar-refractivity contribution in [2.24, 2.45) is 0 Å². The Labute approximate surface area is 163 Å². The van der Waals surface area contributed by atoms with Gasteiger partial charge in [0, 0.05) is 10.5 Å². The molecule has 0 radical (unpaired) electrons. The number of hydrogen-bond donors (Lipinski definition) is 0. The number of hydrogen-bond acceptors (Lipinski definition) is 2. The maximum atomic E-state index is 2.31. The Balaban J connectivity index is 1.54. The molecular weight excluding hydrogens is 352 g/mol. The molecule has 4 rings (SSSR count). The molecule has 0 saturated carbocycles. The summed E-state index contributed by atoms with van der Waals surface area (Å²) in [4.78, 5) is 0. The van der Waals surface area contributed by atoms with E-state index in [2.05, 4.69) is 98.8 Å². The first-order valence-electron chi connectivity index (χ1n) is 9.01. The van der Waals surface area contributed by atoms with Crippen LogP contribution in [0.4, 0.5) is 0 Å². The normalized spacial score (nSPS) is 13.8. The fourth-order valence-corrected chi connectivity index (χ4v) is 6.05. The van der Waals surface area contributed by atoms with Crippen LogP contribution in [0.25, 0.3) is 21.5 Å². The molecule has 4 aromatic carbocycles. The molecule has 130 valence electrons. The zero-order chi connectivity index (χ0) is 17.9. The molecule has 26 heavy (non-hydrogen) atoms. The Bertz CT molecular complexity index is 942. The summed E-state index contributed by atoms with van der Waals surface area (Å²) in [6.45, 7) is 4.63. The molecule has 0 heterocycles. The van der Waals surface area contributed by atoms with E-state index in [0.29, 0.717) is 10.5 Å². The maximum Gasteiger partial charge on any atom is 0.0379 e. The van der Waals surface area contributed by atoms with Crippen LogP contribution < -0.4 is 0 Å². The lowest BCUT2D eigenvalue weighted by atomic mass is 10.0. The molecule has 0 fully saturated rings. The molecular formula is C24H22S2. The van der Waals surface area contributed by atoms with Gasteiger partial charge in [-0.15, -0.1) is 0 Å². The second-order valence-electron chi connectivity index (χ2n) is 6.61. The van der Waals surface area contributed by atoms with E-state index in [4.69, 9.17) is 0 Å². The Hall–Kier alpha value is -1.90. The quantitative estimate of drug-likeness (QED) is 0.323. The first kappa shape index (κ1) is 17.5. The number of benzene rings is 4. The van der Waals surface area contributed by atoms with Gasteiger partial charge in [0.15, 0.2) is 0 Å². The number of fused-ring (bicyclic) bond motifs is 2. The third-order valence-corrected chi connectivity index (χ3v) is 8.13. The van der Waals surface area contributed by atoms with Gasteiger partial charge in [-0.25, -0.2) is 0 Å². The summed E-state index contributed by atoms with van der Waals surface area (Å²) >= 11 is 0. The van der Waals surface area contributed by atoms with E-state index in [-0.39, 0.29) is 0 Å². The zero-order valence-corrected chi connectivity index (χ0v) is 16.7. The van der Waals surface area contributed by atoms with E-state index in [9.17, 15) is 0 Å². The second kappa shape index (κ2) is 7.77. The van der Waals surface area contributed by atoms with E-state index < -0.39 is 0 Å². The summed E-state index contributed by atoms with van der Waals surface area (Å²) < 4.78 is 0. The molecule has 0 saturated heterocycles. The lowest BCUT2D eigenvalue weighted by molar-refractivity contribution is 1.12. The Morgan fingerprint density at radius 3 is 1.35 bits per heavy atom. The van der Waals surface area contributed by atoms with Crippen LogP contribution in [0.15, 0.2) is 84.9 Å². The molecule has 0 aromatic heterocycles. The van der Waals surface area contributed by atoms with Crippen molar-refractivity contribution >= 4 is 43.1 Å². The average molecular weight is 375 g/mol. The summed E-state index contributed by atoms with van der Waals surface area (Å²) in [7, 11) is 3.94. The topological polar surface area (TPSA) is 0 Å². The molecule has 0 nitrogen and oxygen atoms in total. The van der Waals surface area contributed by atoms with Crippen molar-refractivity contribution in [3.63, 3.8) is 0 Å². The van der Waals surface area contributed by atoms with Crippen LogP contribution >= 0.6 is 21.6 Å². The van der Waals surface area contributed by atoms with Crippen molar-refractivity contribution in [1.29, 1.82) is 0 Å². The minimum atomic E-state index is 0.448. The predicted octanol–water partition coefficient (Wildman–Crippen LogP) is 8.20. The molecule has 0 unspecified atom stereocenters. The van der Waals surface area contributed by atoms with Crippen molar-refractivity contribution in [1.82, 2.24) is 0 Å². The lowest BCUT2D eigenvalue weighted by Gasteiger charge is -2.18. The van der Waals surface area contributed by atoms with E-state index in [1.165, 1.54) is 32.7 Å². The van der Waals surface area contributed by atoms with E-state index in [1.54, 1.807) is 0 Å².